The Morgan fingerprint density at radius 2 is 1.96 bits per heavy atom. The van der Waals surface area contributed by atoms with Crippen molar-refractivity contribution >= 4 is 39.8 Å². The first kappa shape index (κ1) is 25.7. The van der Waals surface area contributed by atoms with Crippen LogP contribution in [0.3, 0.4) is 0 Å². The molecule has 8 heteroatoms. The van der Waals surface area contributed by atoms with Crippen LogP contribution in [-0.2, 0) is 16.4 Å². The Bertz CT molecular complexity index is 719. The van der Waals surface area contributed by atoms with E-state index in [1.54, 1.807) is 13.1 Å². The van der Waals surface area contributed by atoms with Gasteiger partial charge in [0.05, 0.1) is 5.75 Å². The molecule has 0 heterocycles. The smallest absolute Gasteiger partial charge is 0.191 e. The SMILES string of the molecule is C=CCOc1ccccc1CNC(=NC)NCC(C)(C)CCS(C)(=O)=O.I. The molecule has 0 unspecified atom stereocenters. The number of guanidine groups is 1. The average Bonchev–Trinajstić information content (AvgIpc) is 2.58. The molecule has 0 atom stereocenters. The van der Waals surface area contributed by atoms with Gasteiger partial charge in [0.2, 0.25) is 0 Å². The molecule has 0 amide bonds. The fraction of sp³-hybridized carbons (Fsp3) is 0.526. The van der Waals surface area contributed by atoms with Gasteiger partial charge in [-0.3, -0.25) is 4.99 Å². The lowest BCUT2D eigenvalue weighted by atomic mass is 9.90. The van der Waals surface area contributed by atoms with Gasteiger partial charge in [0.15, 0.2) is 5.96 Å². The number of sulfone groups is 1. The molecule has 27 heavy (non-hydrogen) atoms. The summed E-state index contributed by atoms with van der Waals surface area (Å²) >= 11 is 0. The third kappa shape index (κ3) is 11.2. The van der Waals surface area contributed by atoms with Crippen molar-refractivity contribution in [1.29, 1.82) is 0 Å². The number of aliphatic imine (C=N–C) groups is 1. The zero-order valence-corrected chi connectivity index (χ0v) is 19.8. The molecule has 0 aliphatic rings. The Hall–Kier alpha value is -1.29. The minimum atomic E-state index is -2.95. The van der Waals surface area contributed by atoms with Crippen molar-refractivity contribution in [2.75, 3.05) is 32.2 Å². The number of halogens is 1. The maximum Gasteiger partial charge on any atom is 0.191 e. The van der Waals surface area contributed by atoms with Gasteiger partial charge in [-0.15, -0.1) is 24.0 Å². The number of hydrogen-bond donors (Lipinski definition) is 2. The van der Waals surface area contributed by atoms with E-state index in [4.69, 9.17) is 4.74 Å². The summed E-state index contributed by atoms with van der Waals surface area (Å²) in [6.45, 7) is 9.39. The summed E-state index contributed by atoms with van der Waals surface area (Å²) in [6, 6.07) is 7.81. The molecule has 0 aromatic heterocycles. The molecule has 1 rings (SSSR count). The van der Waals surface area contributed by atoms with Gasteiger partial charge in [0.25, 0.3) is 0 Å². The Labute approximate surface area is 180 Å². The highest BCUT2D eigenvalue weighted by Gasteiger charge is 2.20. The number of ether oxygens (including phenoxy) is 1. The van der Waals surface area contributed by atoms with Crippen LogP contribution in [0.15, 0.2) is 41.9 Å². The van der Waals surface area contributed by atoms with Crippen molar-refractivity contribution in [3.05, 3.63) is 42.5 Å². The van der Waals surface area contributed by atoms with Gasteiger partial charge in [0.1, 0.15) is 22.2 Å². The third-order valence-electron chi connectivity index (χ3n) is 3.88. The van der Waals surface area contributed by atoms with Gasteiger partial charge < -0.3 is 15.4 Å². The minimum absolute atomic E-state index is 0. The van der Waals surface area contributed by atoms with Gasteiger partial charge in [-0.25, -0.2) is 8.42 Å². The summed E-state index contributed by atoms with van der Waals surface area (Å²) in [5.74, 6) is 1.65. The lowest BCUT2D eigenvalue weighted by molar-refractivity contribution is 0.348. The zero-order chi connectivity index (χ0) is 19.6. The maximum atomic E-state index is 11.4. The second kappa shape index (κ2) is 12.2. The first-order valence-electron chi connectivity index (χ1n) is 8.61. The van der Waals surface area contributed by atoms with Crippen molar-refractivity contribution in [3.8, 4) is 5.75 Å². The molecule has 0 fully saturated rings. The average molecular weight is 509 g/mol. The molecule has 1 aromatic carbocycles. The molecular weight excluding hydrogens is 477 g/mol. The summed E-state index contributed by atoms with van der Waals surface area (Å²) in [4.78, 5) is 4.23. The highest BCUT2D eigenvalue weighted by molar-refractivity contribution is 14.0. The molecule has 6 nitrogen and oxygen atoms in total. The van der Waals surface area contributed by atoms with Crippen LogP contribution in [0.1, 0.15) is 25.8 Å². The molecule has 0 bridgehead atoms. The van der Waals surface area contributed by atoms with E-state index in [1.165, 1.54) is 6.26 Å². The van der Waals surface area contributed by atoms with Crippen LogP contribution >= 0.6 is 24.0 Å². The van der Waals surface area contributed by atoms with E-state index < -0.39 is 9.84 Å². The first-order chi connectivity index (χ1) is 12.2. The van der Waals surface area contributed by atoms with Crippen LogP contribution in [0.2, 0.25) is 0 Å². The van der Waals surface area contributed by atoms with E-state index in [9.17, 15) is 8.42 Å². The van der Waals surface area contributed by atoms with Crippen molar-refractivity contribution in [2.45, 2.75) is 26.8 Å². The molecule has 0 radical (unpaired) electrons. The number of hydrogen-bond acceptors (Lipinski definition) is 4. The van der Waals surface area contributed by atoms with Crippen molar-refractivity contribution in [3.63, 3.8) is 0 Å². The second-order valence-corrected chi connectivity index (χ2v) is 9.29. The van der Waals surface area contributed by atoms with E-state index in [-0.39, 0.29) is 35.1 Å². The minimum Gasteiger partial charge on any atom is -0.489 e. The van der Waals surface area contributed by atoms with Gasteiger partial charge in [0, 0.05) is 32.0 Å². The summed E-state index contributed by atoms with van der Waals surface area (Å²) in [6.07, 6.45) is 3.57. The molecular formula is C19H32IN3O3S. The fourth-order valence-electron chi connectivity index (χ4n) is 2.21. The molecule has 0 aliphatic heterocycles. The molecule has 2 N–H and O–H groups in total. The van der Waals surface area contributed by atoms with E-state index >= 15 is 0 Å². The Kier molecular flexibility index (Phi) is 11.6. The number of benzene rings is 1. The van der Waals surface area contributed by atoms with Crippen molar-refractivity contribution < 1.29 is 13.2 Å². The van der Waals surface area contributed by atoms with Gasteiger partial charge in [-0.05, 0) is 17.9 Å². The van der Waals surface area contributed by atoms with Crippen LogP contribution in [-0.4, -0.2) is 46.6 Å². The predicted molar refractivity (Wildman–Crippen MR) is 124 cm³/mol. The quantitative estimate of drug-likeness (QED) is 0.220. The number of nitrogens with zero attached hydrogens (tertiary/aromatic N) is 1. The number of nitrogens with one attached hydrogen (secondary N) is 2. The molecule has 0 aliphatic carbocycles. The molecule has 0 saturated heterocycles. The predicted octanol–water partition coefficient (Wildman–Crippen LogP) is 3.00. The topological polar surface area (TPSA) is 79.8 Å². The van der Waals surface area contributed by atoms with Gasteiger partial charge in [-0.1, -0.05) is 44.7 Å². The van der Waals surface area contributed by atoms with Crippen LogP contribution < -0.4 is 15.4 Å². The van der Waals surface area contributed by atoms with Gasteiger partial charge in [-0.2, -0.15) is 0 Å². The maximum absolute atomic E-state index is 11.4. The molecule has 1 aromatic rings. The summed E-state index contributed by atoms with van der Waals surface area (Å²) in [5, 5.41) is 6.53. The van der Waals surface area contributed by atoms with Crippen LogP contribution in [0.25, 0.3) is 0 Å². The van der Waals surface area contributed by atoms with Crippen LogP contribution in [0.5, 0.6) is 5.75 Å². The molecule has 0 spiro atoms. The Morgan fingerprint density at radius 3 is 2.56 bits per heavy atom. The summed E-state index contributed by atoms with van der Waals surface area (Å²) in [5.41, 5.74) is 0.861. The van der Waals surface area contributed by atoms with Gasteiger partial charge >= 0.3 is 0 Å². The molecule has 0 saturated carbocycles. The zero-order valence-electron chi connectivity index (χ0n) is 16.6. The summed E-state index contributed by atoms with van der Waals surface area (Å²) < 4.78 is 28.4. The monoisotopic (exact) mass is 509 g/mol. The standard InChI is InChI=1S/C19H31N3O3S.HI/c1-6-12-25-17-10-8-7-9-16(17)14-21-18(20-4)22-15-19(2,3)11-13-26(5,23)24;/h6-10H,1,11-15H2,2-5H3,(H2,20,21,22);1H. The number of rotatable bonds is 10. The fourth-order valence-corrected chi connectivity index (χ4v) is 3.14. The Morgan fingerprint density at radius 1 is 1.30 bits per heavy atom. The number of para-hydroxylation sites is 1. The highest BCUT2D eigenvalue weighted by atomic mass is 127. The largest absolute Gasteiger partial charge is 0.489 e. The van der Waals surface area contributed by atoms with E-state index in [0.717, 1.165) is 11.3 Å². The normalized spacial score (nSPS) is 12.1. The van der Waals surface area contributed by atoms with E-state index in [0.29, 0.717) is 32.1 Å². The van der Waals surface area contributed by atoms with E-state index in [1.807, 2.05) is 38.1 Å². The first-order valence-corrected chi connectivity index (χ1v) is 10.7. The van der Waals surface area contributed by atoms with Crippen molar-refractivity contribution in [1.82, 2.24) is 10.6 Å². The lowest BCUT2D eigenvalue weighted by Gasteiger charge is -2.26. The summed E-state index contributed by atoms with van der Waals surface area (Å²) in [7, 11) is -1.25. The van der Waals surface area contributed by atoms with Crippen LogP contribution in [0, 0.1) is 5.41 Å². The van der Waals surface area contributed by atoms with Crippen LogP contribution in [0.4, 0.5) is 0 Å². The second-order valence-electron chi connectivity index (χ2n) is 7.03. The Balaban J connectivity index is 0.00000676. The third-order valence-corrected chi connectivity index (χ3v) is 4.83. The lowest BCUT2D eigenvalue weighted by Crippen LogP contribution is -2.42. The molecule has 154 valence electrons. The highest BCUT2D eigenvalue weighted by Crippen LogP contribution is 2.20. The van der Waals surface area contributed by atoms with E-state index in [2.05, 4.69) is 22.2 Å². The van der Waals surface area contributed by atoms with Crippen molar-refractivity contribution in [2.24, 2.45) is 10.4 Å².